The van der Waals surface area contributed by atoms with Crippen LogP contribution in [0.3, 0.4) is 0 Å². The molecule has 16 aromatic rings. The van der Waals surface area contributed by atoms with Gasteiger partial charge in [0.15, 0.2) is 0 Å². The van der Waals surface area contributed by atoms with Gasteiger partial charge in [-0.15, -0.1) is 82.1 Å². The van der Waals surface area contributed by atoms with E-state index in [-0.39, 0.29) is 20.1 Å². The largest absolute Gasteiger partial charge is 0.303 e. The maximum atomic E-state index is 4.63. The van der Waals surface area contributed by atoms with Crippen LogP contribution in [-0.2, 0) is 20.1 Å². The van der Waals surface area contributed by atoms with Crippen LogP contribution in [0.4, 0.5) is 0 Å². The molecule has 0 atom stereocenters. The number of aromatic nitrogens is 4. The van der Waals surface area contributed by atoms with Crippen molar-refractivity contribution < 1.29 is 20.1 Å². The van der Waals surface area contributed by atoms with Gasteiger partial charge in [0.25, 0.3) is 0 Å². The van der Waals surface area contributed by atoms with Crippen LogP contribution in [0.5, 0.6) is 0 Å². The van der Waals surface area contributed by atoms with Gasteiger partial charge in [0.1, 0.15) is 0 Å². The summed E-state index contributed by atoms with van der Waals surface area (Å²) in [6, 6.07) is 104. The third kappa shape index (κ3) is 13.6. The van der Waals surface area contributed by atoms with Gasteiger partial charge in [-0.2, -0.15) is 0 Å². The minimum atomic E-state index is 0. The summed E-state index contributed by atoms with van der Waals surface area (Å²) in [5, 5.41) is 4.76. The third-order valence-corrected chi connectivity index (χ3v) is 18.3. The topological polar surface area (TPSA) is 51.6 Å². The average Bonchev–Trinajstić information content (AvgIpc) is 4.61. The zero-order valence-electron chi connectivity index (χ0n) is 45.5. The number of benzene rings is 8. The maximum Gasteiger partial charge on any atom is 0.0802 e. The van der Waals surface area contributed by atoms with Gasteiger partial charge in [-0.1, -0.05) is 218 Å². The van der Waals surface area contributed by atoms with E-state index in [4.69, 9.17) is 0 Å². The van der Waals surface area contributed by atoms with Crippen LogP contribution < -0.4 is 0 Å². The maximum absolute atomic E-state index is 4.63. The molecule has 8 aromatic heterocycles. The summed E-state index contributed by atoms with van der Waals surface area (Å²) < 4.78 is 5.06. The molecular weight excluding hydrogens is 1290 g/mol. The molecule has 8 aromatic carbocycles. The molecule has 0 fully saturated rings. The van der Waals surface area contributed by atoms with Crippen molar-refractivity contribution in [1.82, 2.24) is 19.9 Å². The second-order valence-electron chi connectivity index (χ2n) is 19.5. The van der Waals surface area contributed by atoms with Crippen LogP contribution in [0.25, 0.3) is 127 Å². The van der Waals surface area contributed by atoms with Crippen LogP contribution in [0.15, 0.2) is 298 Å². The van der Waals surface area contributed by atoms with E-state index < -0.39 is 0 Å². The Labute approximate surface area is 524 Å². The van der Waals surface area contributed by atoms with Gasteiger partial charge in [-0.3, -0.25) is 4.98 Å². The smallest absolute Gasteiger partial charge is 0.0802 e. The molecule has 16 rings (SSSR count). The van der Waals surface area contributed by atoms with Gasteiger partial charge < -0.3 is 15.0 Å². The Bertz CT molecular complexity index is 3990. The number of thiophene rings is 4. The second-order valence-corrected chi connectivity index (χ2v) is 23.7. The first-order valence-corrected chi connectivity index (χ1v) is 30.7. The Morgan fingerprint density at radius 1 is 0.235 bits per heavy atom. The first-order chi connectivity index (χ1) is 41.6. The van der Waals surface area contributed by atoms with E-state index in [2.05, 4.69) is 232 Å². The van der Waals surface area contributed by atoms with Crippen LogP contribution in [0.1, 0.15) is 0 Å². The Kier molecular flexibility index (Phi) is 17.9. The average molecular weight is 1340 g/mol. The molecule has 0 spiro atoms. The van der Waals surface area contributed by atoms with Gasteiger partial charge >= 0.3 is 0 Å². The summed E-state index contributed by atoms with van der Waals surface area (Å²) in [7, 11) is 0. The number of hydrogen-bond acceptors (Lipinski definition) is 8. The van der Waals surface area contributed by atoms with Crippen LogP contribution in [-0.4, -0.2) is 19.9 Å². The molecule has 0 saturated carbocycles. The predicted octanol–water partition coefficient (Wildman–Crippen LogP) is 21.9. The number of hydrogen-bond donors (Lipinski definition) is 0. The van der Waals surface area contributed by atoms with Crippen LogP contribution >= 0.6 is 45.3 Å². The summed E-state index contributed by atoms with van der Waals surface area (Å²) in [5.41, 5.74) is 13.3. The van der Waals surface area contributed by atoms with Crippen molar-refractivity contribution in [2.24, 2.45) is 0 Å². The molecule has 0 saturated heterocycles. The molecule has 9 heteroatoms. The molecule has 4 nitrogen and oxygen atoms in total. The Hall–Kier alpha value is -9.15. The number of pyridine rings is 4. The quantitative estimate of drug-likeness (QED) is 0.142. The fourth-order valence-corrected chi connectivity index (χ4v) is 13.5. The van der Waals surface area contributed by atoms with Gasteiger partial charge in [-0.25, -0.2) is 34.0 Å². The van der Waals surface area contributed by atoms with E-state index >= 15 is 0 Å². The number of nitrogens with zero attached hydrogens (tertiary/aromatic N) is 4. The van der Waals surface area contributed by atoms with Crippen molar-refractivity contribution in [2.45, 2.75) is 0 Å². The predicted molar refractivity (Wildman–Crippen MR) is 358 cm³/mol. The normalized spacial score (nSPS) is 10.7. The van der Waals surface area contributed by atoms with Gasteiger partial charge in [-0.05, 0) is 91.3 Å². The fourth-order valence-electron chi connectivity index (χ4n) is 9.54. The molecule has 0 N–H and O–H groups in total. The van der Waals surface area contributed by atoms with E-state index in [1.54, 1.807) is 45.3 Å². The summed E-state index contributed by atoms with van der Waals surface area (Å²) in [5.74, 6) is 0. The zero-order chi connectivity index (χ0) is 56.3. The molecule has 409 valence electrons. The molecule has 85 heavy (non-hydrogen) atoms. The fraction of sp³-hybridized carbons (Fsp3) is 0. The van der Waals surface area contributed by atoms with Crippen molar-refractivity contribution in [3.8, 4) is 86.8 Å². The first kappa shape index (κ1) is 56.3. The molecule has 0 bridgehead atoms. The third-order valence-electron chi connectivity index (χ3n) is 13.9. The van der Waals surface area contributed by atoms with E-state index in [0.717, 1.165) is 75.8 Å². The Morgan fingerprint density at radius 2 is 0.518 bits per heavy atom. The number of rotatable bonds is 8. The summed E-state index contributed by atoms with van der Waals surface area (Å²) in [4.78, 5) is 22.9. The molecule has 0 aliphatic rings. The van der Waals surface area contributed by atoms with Crippen molar-refractivity contribution in [3.63, 3.8) is 0 Å². The number of fused-ring (bicyclic) bond motifs is 4. The SMILES string of the molecule is [Ir].[c-]1c(-c2ccc(-c3ccccc3)cn2)sc2ccccc12.[c-]1c(-c2ccc(-c3ccccc3)cn2)sc2ccccc12.[c-]1c(-c2ccc(-c3ccccc3)cn2)sc2ccccc12.c1ccc(-c2ccc(-c3cc4ccccc4s3)nc2)cc1. The monoisotopic (exact) mass is 1340 g/mol. The van der Waals surface area contributed by atoms with Crippen LogP contribution in [0, 0.1) is 18.2 Å². The molecule has 0 aliphatic heterocycles. The van der Waals surface area contributed by atoms with E-state index in [9.17, 15) is 0 Å². The molecule has 8 heterocycles. The van der Waals surface area contributed by atoms with Gasteiger partial charge in [0.2, 0.25) is 0 Å². The van der Waals surface area contributed by atoms with E-state index in [0.29, 0.717) is 0 Å². The first-order valence-electron chi connectivity index (χ1n) is 27.4. The Balaban J connectivity index is 0.000000111. The summed E-state index contributed by atoms with van der Waals surface area (Å²) in [6.07, 6.45) is 7.75. The molecule has 1 radical (unpaired) electrons. The molecule has 0 amide bonds. The van der Waals surface area contributed by atoms with Crippen molar-refractivity contribution in [1.29, 1.82) is 0 Å². The van der Waals surface area contributed by atoms with E-state index in [1.165, 1.54) is 51.3 Å². The van der Waals surface area contributed by atoms with Gasteiger partial charge in [0.05, 0.1) is 10.6 Å². The second kappa shape index (κ2) is 27.0. The molecule has 0 unspecified atom stereocenters. The molecular formula is C76H49IrN4S4-3. The summed E-state index contributed by atoms with van der Waals surface area (Å²) in [6.45, 7) is 0. The van der Waals surface area contributed by atoms with Crippen molar-refractivity contribution in [2.75, 3.05) is 0 Å². The minimum Gasteiger partial charge on any atom is -0.303 e. The Morgan fingerprint density at radius 3 is 0.812 bits per heavy atom. The molecule has 0 aliphatic carbocycles. The standard InChI is InChI=1S/C19H13NS.3C19H12NS.Ir/c4*1-2-6-14(7-3-1)16-10-11-17(20-13-16)19-12-15-8-4-5-9-18(15)21-19;/h1-13H;3*1-11,13H;/q;3*-1;. The van der Waals surface area contributed by atoms with E-state index in [1.807, 2.05) is 104 Å². The summed E-state index contributed by atoms with van der Waals surface area (Å²) >= 11 is 6.99. The van der Waals surface area contributed by atoms with Crippen molar-refractivity contribution >= 4 is 85.7 Å². The van der Waals surface area contributed by atoms with Gasteiger partial charge in [0, 0.05) is 72.2 Å². The van der Waals surface area contributed by atoms with Crippen LogP contribution in [0.2, 0.25) is 0 Å². The zero-order valence-corrected chi connectivity index (χ0v) is 51.2. The van der Waals surface area contributed by atoms with Crippen molar-refractivity contribution in [3.05, 3.63) is 316 Å². The minimum absolute atomic E-state index is 0.